The molecule has 1 aromatic carbocycles. The third kappa shape index (κ3) is 5.20. The Hall–Kier alpha value is -3.07. The number of amides is 1. The summed E-state index contributed by atoms with van der Waals surface area (Å²) in [6.45, 7) is 5.13. The summed E-state index contributed by atoms with van der Waals surface area (Å²) in [5.74, 6) is 0.559. The van der Waals surface area contributed by atoms with Crippen molar-refractivity contribution < 1.29 is 9.72 Å². The molecule has 1 amide bonds. The molecule has 1 aromatic heterocycles. The van der Waals surface area contributed by atoms with Crippen LogP contribution in [0.3, 0.4) is 0 Å². The van der Waals surface area contributed by atoms with Gasteiger partial charge in [0, 0.05) is 62.8 Å². The third-order valence-electron chi connectivity index (χ3n) is 4.48. The summed E-state index contributed by atoms with van der Waals surface area (Å²) in [6.07, 6.45) is 4.35. The van der Waals surface area contributed by atoms with Crippen LogP contribution < -0.4 is 10.2 Å². The van der Waals surface area contributed by atoms with Gasteiger partial charge in [-0.1, -0.05) is 0 Å². The second-order valence-electron chi connectivity index (χ2n) is 6.29. The predicted molar refractivity (Wildman–Crippen MR) is 101 cm³/mol. The Bertz CT molecular complexity index is 760. The standard InChI is InChI=1S/C18H22N6O3/c25-17(15-3-5-16(6-4-15)24(26)27)19-9-2-10-22-11-13-23(14-12-22)18-20-7-1-8-21-18/h1,3-8H,2,9-14H2,(H,19,25). The highest BCUT2D eigenvalue weighted by molar-refractivity contribution is 5.94. The zero-order valence-corrected chi connectivity index (χ0v) is 15.0. The van der Waals surface area contributed by atoms with Crippen LogP contribution in [0.1, 0.15) is 16.8 Å². The summed E-state index contributed by atoms with van der Waals surface area (Å²) < 4.78 is 0. The van der Waals surface area contributed by atoms with Crippen LogP contribution in [0.4, 0.5) is 11.6 Å². The lowest BCUT2D eigenvalue weighted by molar-refractivity contribution is -0.384. The maximum atomic E-state index is 12.1. The number of carbonyl (C=O) groups is 1. The summed E-state index contributed by atoms with van der Waals surface area (Å²) in [6, 6.07) is 7.43. The summed E-state index contributed by atoms with van der Waals surface area (Å²) in [4.78, 5) is 35.3. The molecule has 0 aliphatic carbocycles. The van der Waals surface area contributed by atoms with Crippen LogP contribution in [0.5, 0.6) is 0 Å². The molecule has 3 rings (SSSR count). The quantitative estimate of drug-likeness (QED) is 0.445. The molecule has 1 saturated heterocycles. The molecule has 9 nitrogen and oxygen atoms in total. The number of non-ortho nitro benzene ring substituents is 1. The van der Waals surface area contributed by atoms with Gasteiger partial charge in [-0.05, 0) is 31.2 Å². The topological polar surface area (TPSA) is 104 Å². The minimum Gasteiger partial charge on any atom is -0.352 e. The monoisotopic (exact) mass is 370 g/mol. The first kappa shape index (κ1) is 18.7. The number of anilines is 1. The van der Waals surface area contributed by atoms with Gasteiger partial charge >= 0.3 is 0 Å². The lowest BCUT2D eigenvalue weighted by Gasteiger charge is -2.34. The van der Waals surface area contributed by atoms with Crippen molar-refractivity contribution in [2.24, 2.45) is 0 Å². The van der Waals surface area contributed by atoms with Crippen molar-refractivity contribution in [3.8, 4) is 0 Å². The number of nitrogens with one attached hydrogen (secondary N) is 1. The molecule has 1 N–H and O–H groups in total. The van der Waals surface area contributed by atoms with E-state index in [0.29, 0.717) is 12.1 Å². The first-order valence-electron chi connectivity index (χ1n) is 8.90. The molecular weight excluding hydrogens is 348 g/mol. The van der Waals surface area contributed by atoms with Crippen LogP contribution >= 0.6 is 0 Å². The molecular formula is C18H22N6O3. The van der Waals surface area contributed by atoms with E-state index in [1.54, 1.807) is 12.4 Å². The fraction of sp³-hybridized carbons (Fsp3) is 0.389. The van der Waals surface area contributed by atoms with Gasteiger partial charge in [-0.25, -0.2) is 9.97 Å². The van der Waals surface area contributed by atoms with Gasteiger partial charge in [-0.2, -0.15) is 0 Å². The van der Waals surface area contributed by atoms with E-state index in [9.17, 15) is 14.9 Å². The van der Waals surface area contributed by atoms with Gasteiger partial charge in [0.2, 0.25) is 5.95 Å². The minimum atomic E-state index is -0.481. The molecule has 1 aliphatic rings. The Balaban J connectivity index is 1.34. The summed E-state index contributed by atoms with van der Waals surface area (Å²) in [7, 11) is 0. The van der Waals surface area contributed by atoms with Crippen LogP contribution in [0, 0.1) is 10.1 Å². The highest BCUT2D eigenvalue weighted by Gasteiger charge is 2.18. The molecule has 0 bridgehead atoms. The number of rotatable bonds is 7. The predicted octanol–water partition coefficient (Wildman–Crippen LogP) is 1.33. The van der Waals surface area contributed by atoms with E-state index in [-0.39, 0.29) is 11.6 Å². The summed E-state index contributed by atoms with van der Waals surface area (Å²) in [5, 5.41) is 13.5. The number of nitro benzene ring substituents is 1. The van der Waals surface area contributed by atoms with Crippen LogP contribution in [0.2, 0.25) is 0 Å². The Morgan fingerprint density at radius 2 is 1.78 bits per heavy atom. The molecule has 0 saturated carbocycles. The van der Waals surface area contributed by atoms with Gasteiger partial charge in [-0.15, -0.1) is 0 Å². The number of carbonyl (C=O) groups excluding carboxylic acids is 1. The fourth-order valence-electron chi connectivity index (χ4n) is 2.97. The van der Waals surface area contributed by atoms with Crippen molar-refractivity contribution in [2.75, 3.05) is 44.2 Å². The number of benzene rings is 1. The van der Waals surface area contributed by atoms with Crippen LogP contribution in [0.25, 0.3) is 0 Å². The van der Waals surface area contributed by atoms with E-state index in [1.807, 2.05) is 6.07 Å². The van der Waals surface area contributed by atoms with Gasteiger partial charge < -0.3 is 10.2 Å². The van der Waals surface area contributed by atoms with Gasteiger partial charge in [0.05, 0.1) is 4.92 Å². The van der Waals surface area contributed by atoms with Crippen LogP contribution in [-0.2, 0) is 0 Å². The van der Waals surface area contributed by atoms with E-state index in [0.717, 1.165) is 45.1 Å². The Kier molecular flexibility index (Phi) is 6.26. The Morgan fingerprint density at radius 3 is 2.41 bits per heavy atom. The van der Waals surface area contributed by atoms with Crippen molar-refractivity contribution >= 4 is 17.5 Å². The smallest absolute Gasteiger partial charge is 0.269 e. The van der Waals surface area contributed by atoms with Crippen LogP contribution in [0.15, 0.2) is 42.7 Å². The maximum Gasteiger partial charge on any atom is 0.269 e. The van der Waals surface area contributed by atoms with Crippen LogP contribution in [-0.4, -0.2) is 65.0 Å². The molecule has 0 spiro atoms. The van der Waals surface area contributed by atoms with Crippen molar-refractivity contribution in [1.82, 2.24) is 20.2 Å². The number of nitrogens with zero attached hydrogens (tertiary/aromatic N) is 5. The zero-order chi connectivity index (χ0) is 19.1. The molecule has 1 fully saturated rings. The molecule has 1 aliphatic heterocycles. The third-order valence-corrected chi connectivity index (χ3v) is 4.48. The second kappa shape index (κ2) is 9.04. The SMILES string of the molecule is O=C(NCCCN1CCN(c2ncccn2)CC1)c1ccc([N+](=O)[O-])cc1. The Labute approximate surface area is 157 Å². The van der Waals surface area contributed by atoms with Crippen molar-refractivity contribution in [3.05, 3.63) is 58.4 Å². The number of aromatic nitrogens is 2. The molecule has 0 atom stereocenters. The van der Waals surface area contributed by atoms with E-state index in [4.69, 9.17) is 0 Å². The fourth-order valence-corrected chi connectivity index (χ4v) is 2.97. The summed E-state index contributed by atoms with van der Waals surface area (Å²) in [5.41, 5.74) is 0.406. The van der Waals surface area contributed by atoms with Crippen molar-refractivity contribution in [1.29, 1.82) is 0 Å². The molecule has 2 heterocycles. The molecule has 9 heteroatoms. The number of nitro groups is 1. The highest BCUT2D eigenvalue weighted by atomic mass is 16.6. The highest BCUT2D eigenvalue weighted by Crippen LogP contribution is 2.12. The largest absolute Gasteiger partial charge is 0.352 e. The minimum absolute atomic E-state index is 0.0217. The molecule has 27 heavy (non-hydrogen) atoms. The van der Waals surface area contributed by atoms with Gasteiger partial charge in [-0.3, -0.25) is 19.8 Å². The van der Waals surface area contributed by atoms with E-state index in [2.05, 4.69) is 25.1 Å². The zero-order valence-electron chi connectivity index (χ0n) is 15.0. The average molecular weight is 370 g/mol. The number of hydrogen-bond donors (Lipinski definition) is 1. The Morgan fingerprint density at radius 1 is 1.11 bits per heavy atom. The van der Waals surface area contributed by atoms with E-state index < -0.39 is 4.92 Å². The van der Waals surface area contributed by atoms with Gasteiger partial charge in [0.1, 0.15) is 0 Å². The molecule has 0 radical (unpaired) electrons. The molecule has 2 aromatic rings. The maximum absolute atomic E-state index is 12.1. The number of hydrogen-bond acceptors (Lipinski definition) is 7. The molecule has 142 valence electrons. The van der Waals surface area contributed by atoms with E-state index in [1.165, 1.54) is 24.3 Å². The summed E-state index contributed by atoms with van der Waals surface area (Å²) >= 11 is 0. The van der Waals surface area contributed by atoms with Gasteiger partial charge in [0.25, 0.3) is 11.6 Å². The lowest BCUT2D eigenvalue weighted by atomic mass is 10.2. The first-order valence-corrected chi connectivity index (χ1v) is 8.90. The second-order valence-corrected chi connectivity index (χ2v) is 6.29. The molecule has 0 unspecified atom stereocenters. The van der Waals surface area contributed by atoms with Gasteiger partial charge in [0.15, 0.2) is 0 Å². The van der Waals surface area contributed by atoms with E-state index >= 15 is 0 Å². The average Bonchev–Trinajstić information content (AvgIpc) is 2.72. The van der Waals surface area contributed by atoms with Crippen molar-refractivity contribution in [2.45, 2.75) is 6.42 Å². The lowest BCUT2D eigenvalue weighted by Crippen LogP contribution is -2.47. The van der Waals surface area contributed by atoms with Crippen molar-refractivity contribution in [3.63, 3.8) is 0 Å². The normalized spacial score (nSPS) is 14.7. The first-order chi connectivity index (χ1) is 13.1. The number of piperazine rings is 1.